The number of nitrogens with zero attached hydrogens (tertiary/aromatic N) is 1. The molecule has 1 aromatic heterocycles. The van der Waals surface area contributed by atoms with Gasteiger partial charge in [0, 0.05) is 31.2 Å². The van der Waals surface area contributed by atoms with Crippen LogP contribution in [-0.2, 0) is 4.74 Å². The van der Waals surface area contributed by atoms with Crippen LogP contribution in [0.25, 0.3) is 11.1 Å². The Bertz CT molecular complexity index is 796. The minimum absolute atomic E-state index is 0. The molecule has 0 aliphatic carbocycles. The van der Waals surface area contributed by atoms with Gasteiger partial charge in [-0.25, -0.2) is 9.18 Å². The molecule has 0 saturated carbocycles. The number of ether oxygens (including phenoxy) is 1. The number of anilines is 1. The molecule has 2 aliphatic rings. The number of halogens is 2. The second kappa shape index (κ2) is 7.89. The lowest BCUT2D eigenvalue weighted by molar-refractivity contribution is -0.931. The first kappa shape index (κ1) is 20.3. The van der Waals surface area contributed by atoms with Crippen molar-refractivity contribution >= 4 is 23.1 Å². The Hall–Kier alpha value is -1.44. The Morgan fingerprint density at radius 1 is 1.22 bits per heavy atom. The van der Waals surface area contributed by atoms with Crippen LogP contribution in [0, 0.1) is 5.82 Å². The molecule has 2 aliphatic heterocycles. The van der Waals surface area contributed by atoms with Gasteiger partial charge in [0.2, 0.25) is 0 Å². The summed E-state index contributed by atoms with van der Waals surface area (Å²) in [5.41, 5.74) is 1.75. The van der Waals surface area contributed by atoms with Gasteiger partial charge >= 0.3 is 6.09 Å². The Labute approximate surface area is 173 Å². The fourth-order valence-electron chi connectivity index (χ4n) is 4.52. The summed E-state index contributed by atoms with van der Waals surface area (Å²) in [5.74, 6) is -0.452. The highest BCUT2D eigenvalue weighted by Crippen LogP contribution is 2.40. The molecule has 4 rings (SSSR count). The van der Waals surface area contributed by atoms with Crippen molar-refractivity contribution in [1.82, 2.24) is 0 Å². The van der Waals surface area contributed by atoms with E-state index in [2.05, 4.69) is 19.4 Å². The van der Waals surface area contributed by atoms with Crippen LogP contribution >= 0.6 is 11.3 Å². The number of hydrogen-bond acceptors (Lipinski definition) is 3. The zero-order chi connectivity index (χ0) is 18.3. The molecule has 4 nitrogen and oxygen atoms in total. The molecule has 1 amide bonds. The van der Waals surface area contributed by atoms with E-state index in [1.807, 2.05) is 22.9 Å². The van der Waals surface area contributed by atoms with Crippen molar-refractivity contribution in [1.29, 1.82) is 0 Å². The molecule has 2 unspecified atom stereocenters. The molecule has 1 N–H and O–H groups in total. The van der Waals surface area contributed by atoms with E-state index in [4.69, 9.17) is 4.74 Å². The van der Waals surface area contributed by atoms with Crippen molar-refractivity contribution in [3.8, 4) is 11.1 Å². The molecule has 3 heterocycles. The fourth-order valence-corrected chi connectivity index (χ4v) is 5.18. The monoisotopic (exact) mass is 454 g/mol. The number of quaternary nitrogens is 1. The maximum Gasteiger partial charge on any atom is 0.412 e. The lowest BCUT2D eigenvalue weighted by atomic mass is 9.98. The van der Waals surface area contributed by atoms with Gasteiger partial charge in [0.25, 0.3) is 0 Å². The molecule has 2 aromatic rings. The van der Waals surface area contributed by atoms with Gasteiger partial charge in [0.05, 0.1) is 31.9 Å². The predicted octanol–water partition coefficient (Wildman–Crippen LogP) is 1.88. The van der Waals surface area contributed by atoms with Gasteiger partial charge in [-0.15, -0.1) is 0 Å². The highest BCUT2D eigenvalue weighted by atomic mass is 79.9. The Morgan fingerprint density at radius 3 is 2.56 bits per heavy atom. The minimum Gasteiger partial charge on any atom is -1.00 e. The van der Waals surface area contributed by atoms with Crippen LogP contribution in [0.15, 0.2) is 35.0 Å². The van der Waals surface area contributed by atoms with Gasteiger partial charge in [-0.1, -0.05) is 12.1 Å². The number of piperidine rings is 1. The van der Waals surface area contributed by atoms with Crippen LogP contribution in [0.3, 0.4) is 0 Å². The SMILES string of the molecule is C[N+]1(C)C2CCC1CC(OC(=O)Nc1c(F)cccc1-c1ccsc1)C2.[Br-]. The summed E-state index contributed by atoms with van der Waals surface area (Å²) >= 11 is 1.54. The van der Waals surface area contributed by atoms with E-state index < -0.39 is 11.9 Å². The Morgan fingerprint density at radius 2 is 1.93 bits per heavy atom. The van der Waals surface area contributed by atoms with E-state index in [9.17, 15) is 9.18 Å². The zero-order valence-corrected chi connectivity index (χ0v) is 17.9. The molecule has 0 spiro atoms. The summed E-state index contributed by atoms with van der Waals surface area (Å²) < 4.78 is 21.0. The topological polar surface area (TPSA) is 38.3 Å². The second-order valence-corrected chi connectivity index (χ2v) is 8.59. The van der Waals surface area contributed by atoms with Gasteiger partial charge < -0.3 is 26.2 Å². The molecular formula is C20H24BrFN2O2S. The minimum atomic E-state index is -0.566. The molecule has 2 saturated heterocycles. The van der Waals surface area contributed by atoms with E-state index in [-0.39, 0.29) is 28.8 Å². The highest BCUT2D eigenvalue weighted by Gasteiger charge is 2.49. The maximum absolute atomic E-state index is 14.3. The number of carbonyl (C=O) groups excluding carboxylic acids is 1. The number of nitrogens with one attached hydrogen (secondary N) is 1. The van der Waals surface area contributed by atoms with Gasteiger partial charge in [-0.2, -0.15) is 11.3 Å². The smallest absolute Gasteiger partial charge is 0.412 e. The molecule has 0 radical (unpaired) electrons. The zero-order valence-electron chi connectivity index (χ0n) is 15.5. The largest absolute Gasteiger partial charge is 1.00 e. The van der Waals surface area contributed by atoms with Crippen molar-refractivity contribution in [2.75, 3.05) is 19.4 Å². The number of fused-ring (bicyclic) bond motifs is 2. The van der Waals surface area contributed by atoms with Crippen molar-refractivity contribution < 1.29 is 35.4 Å². The van der Waals surface area contributed by atoms with Crippen molar-refractivity contribution in [2.24, 2.45) is 0 Å². The van der Waals surface area contributed by atoms with E-state index in [0.29, 0.717) is 17.6 Å². The van der Waals surface area contributed by atoms with Gasteiger partial charge in [-0.05, 0) is 28.5 Å². The number of amides is 1. The molecule has 2 fully saturated rings. The summed E-state index contributed by atoms with van der Waals surface area (Å²) in [5, 5.41) is 6.51. The average Bonchev–Trinajstić information content (AvgIpc) is 3.13. The standard InChI is InChI=1S/C20H23FN2O2S.BrH/c1-23(2)14-6-7-15(23)11-16(10-14)25-20(24)22-19-17(4-3-5-18(19)21)13-8-9-26-12-13;/h3-5,8-9,12,14-16H,6-7,10-11H2,1-2H3;1H. The molecule has 27 heavy (non-hydrogen) atoms. The fraction of sp³-hybridized carbons (Fsp3) is 0.450. The predicted molar refractivity (Wildman–Crippen MR) is 102 cm³/mol. The molecule has 2 bridgehead atoms. The van der Waals surface area contributed by atoms with Gasteiger partial charge in [0.1, 0.15) is 11.9 Å². The number of benzene rings is 1. The lowest BCUT2D eigenvalue weighted by Gasteiger charge is -2.43. The summed E-state index contributed by atoms with van der Waals surface area (Å²) in [6.07, 6.45) is 3.49. The lowest BCUT2D eigenvalue weighted by Crippen LogP contribution is -3.00. The van der Waals surface area contributed by atoms with Crippen molar-refractivity contribution in [2.45, 2.75) is 43.9 Å². The van der Waals surface area contributed by atoms with Gasteiger partial charge in [0.15, 0.2) is 0 Å². The third-order valence-corrected chi connectivity index (χ3v) is 6.82. The Balaban J connectivity index is 0.00000210. The number of rotatable bonds is 3. The highest BCUT2D eigenvalue weighted by molar-refractivity contribution is 7.08. The first-order valence-corrected chi connectivity index (χ1v) is 10.0. The third kappa shape index (κ3) is 3.91. The second-order valence-electron chi connectivity index (χ2n) is 7.81. The maximum atomic E-state index is 14.3. The van der Waals surface area contributed by atoms with Crippen LogP contribution in [0.5, 0.6) is 0 Å². The van der Waals surface area contributed by atoms with E-state index in [1.165, 1.54) is 30.2 Å². The van der Waals surface area contributed by atoms with Gasteiger partial charge in [-0.3, -0.25) is 5.32 Å². The van der Waals surface area contributed by atoms with E-state index in [0.717, 1.165) is 22.9 Å². The number of hydrogen-bond donors (Lipinski definition) is 1. The quantitative estimate of drug-likeness (QED) is 0.718. The average molecular weight is 455 g/mol. The van der Waals surface area contributed by atoms with Crippen LogP contribution in [-0.4, -0.2) is 42.9 Å². The molecule has 1 aromatic carbocycles. The number of thiophene rings is 1. The normalized spacial score (nSPS) is 25.5. The van der Waals surface area contributed by atoms with E-state index >= 15 is 0 Å². The van der Waals surface area contributed by atoms with Crippen LogP contribution in [0.2, 0.25) is 0 Å². The first-order valence-electron chi connectivity index (χ1n) is 9.07. The summed E-state index contributed by atoms with van der Waals surface area (Å²) in [4.78, 5) is 12.4. The third-order valence-electron chi connectivity index (χ3n) is 6.13. The molecule has 7 heteroatoms. The molecule has 146 valence electrons. The molecular weight excluding hydrogens is 431 g/mol. The number of para-hydroxylation sites is 1. The van der Waals surface area contributed by atoms with Crippen molar-refractivity contribution in [3.63, 3.8) is 0 Å². The first-order chi connectivity index (χ1) is 12.4. The number of carbonyl (C=O) groups is 1. The van der Waals surface area contributed by atoms with Crippen molar-refractivity contribution in [3.05, 3.63) is 40.8 Å². The molecule has 2 atom stereocenters. The summed E-state index contributed by atoms with van der Waals surface area (Å²) in [6.45, 7) is 0. The Kier molecular flexibility index (Phi) is 5.93. The van der Waals surface area contributed by atoms with Crippen LogP contribution in [0.1, 0.15) is 25.7 Å². The van der Waals surface area contributed by atoms with Crippen LogP contribution in [0.4, 0.5) is 14.9 Å². The van der Waals surface area contributed by atoms with E-state index in [1.54, 1.807) is 6.07 Å². The summed E-state index contributed by atoms with van der Waals surface area (Å²) in [6, 6.07) is 7.81. The van der Waals surface area contributed by atoms with Crippen LogP contribution < -0.4 is 22.3 Å². The summed E-state index contributed by atoms with van der Waals surface area (Å²) in [7, 11) is 4.54.